The minimum atomic E-state index is -1.08. The minimum absolute atomic E-state index is 0.262. The molecule has 0 aliphatic rings. The van der Waals surface area contributed by atoms with Gasteiger partial charge in [0.2, 0.25) is 0 Å². The standard InChI is InChI=1S/C12H15NO4/c1-3-13(12(16)17-2)10(11(14)15)9-7-5-4-6-8-9/h4-8,10H,3H2,1-2H3,(H,14,15)/t10-/m1/s1. The molecule has 0 saturated carbocycles. The van der Waals surface area contributed by atoms with Crippen LogP contribution in [0.25, 0.3) is 0 Å². The molecule has 92 valence electrons. The van der Waals surface area contributed by atoms with Crippen LogP contribution in [0.4, 0.5) is 4.79 Å². The van der Waals surface area contributed by atoms with Gasteiger partial charge in [-0.25, -0.2) is 9.59 Å². The first-order valence-electron chi connectivity index (χ1n) is 5.24. The average Bonchev–Trinajstić information content (AvgIpc) is 2.35. The number of likely N-dealkylation sites (N-methyl/N-ethyl adjacent to an activating group) is 1. The number of carboxylic acids is 1. The molecule has 5 nitrogen and oxygen atoms in total. The Morgan fingerprint density at radius 1 is 1.35 bits per heavy atom. The zero-order valence-corrected chi connectivity index (χ0v) is 9.79. The predicted molar refractivity (Wildman–Crippen MR) is 61.6 cm³/mol. The van der Waals surface area contributed by atoms with E-state index < -0.39 is 18.1 Å². The molecule has 0 aromatic heterocycles. The number of hydrogen-bond acceptors (Lipinski definition) is 3. The summed E-state index contributed by atoms with van der Waals surface area (Å²) in [7, 11) is 1.23. The van der Waals surface area contributed by atoms with Gasteiger partial charge in [0.25, 0.3) is 0 Å². The number of hydrogen-bond donors (Lipinski definition) is 1. The zero-order valence-electron chi connectivity index (χ0n) is 9.79. The van der Waals surface area contributed by atoms with Gasteiger partial charge in [-0.1, -0.05) is 30.3 Å². The number of carboxylic acid groups (broad SMARTS) is 1. The Bertz CT molecular complexity index is 391. The quantitative estimate of drug-likeness (QED) is 0.868. The molecule has 1 atom stereocenters. The van der Waals surface area contributed by atoms with Crippen molar-refractivity contribution in [3.63, 3.8) is 0 Å². The summed E-state index contributed by atoms with van der Waals surface area (Å²) in [5.41, 5.74) is 0.548. The topological polar surface area (TPSA) is 66.8 Å². The highest BCUT2D eigenvalue weighted by atomic mass is 16.5. The number of benzene rings is 1. The molecule has 1 aromatic carbocycles. The van der Waals surface area contributed by atoms with Crippen molar-refractivity contribution in [2.75, 3.05) is 13.7 Å². The maximum Gasteiger partial charge on any atom is 0.410 e. The lowest BCUT2D eigenvalue weighted by Gasteiger charge is -2.26. The molecule has 1 rings (SSSR count). The van der Waals surface area contributed by atoms with Crippen LogP contribution in [0.5, 0.6) is 0 Å². The van der Waals surface area contributed by atoms with E-state index in [2.05, 4.69) is 4.74 Å². The van der Waals surface area contributed by atoms with Crippen LogP contribution in [0.15, 0.2) is 30.3 Å². The Kier molecular flexibility index (Phi) is 4.51. The highest BCUT2D eigenvalue weighted by molar-refractivity contribution is 5.81. The molecule has 1 N–H and O–H groups in total. The zero-order chi connectivity index (χ0) is 12.8. The van der Waals surface area contributed by atoms with Gasteiger partial charge in [-0.3, -0.25) is 4.90 Å². The maximum absolute atomic E-state index is 11.5. The lowest BCUT2D eigenvalue weighted by molar-refractivity contribution is -0.142. The smallest absolute Gasteiger partial charge is 0.410 e. The fraction of sp³-hybridized carbons (Fsp3) is 0.333. The van der Waals surface area contributed by atoms with Gasteiger partial charge in [-0.2, -0.15) is 0 Å². The highest BCUT2D eigenvalue weighted by Crippen LogP contribution is 2.21. The van der Waals surface area contributed by atoms with E-state index in [-0.39, 0.29) is 6.54 Å². The summed E-state index contributed by atoms with van der Waals surface area (Å²) in [4.78, 5) is 23.9. The molecule has 1 amide bonds. The molecule has 0 aliphatic carbocycles. The second-order valence-electron chi connectivity index (χ2n) is 3.41. The van der Waals surface area contributed by atoms with Crippen molar-refractivity contribution in [3.8, 4) is 0 Å². The van der Waals surface area contributed by atoms with Crippen molar-refractivity contribution in [2.24, 2.45) is 0 Å². The van der Waals surface area contributed by atoms with Gasteiger partial charge in [-0.05, 0) is 12.5 Å². The van der Waals surface area contributed by atoms with Crippen LogP contribution in [0, 0.1) is 0 Å². The number of methoxy groups -OCH3 is 1. The number of aliphatic carboxylic acids is 1. The molecule has 0 heterocycles. The van der Waals surface area contributed by atoms with Crippen LogP contribution in [-0.2, 0) is 9.53 Å². The summed E-state index contributed by atoms with van der Waals surface area (Å²) in [5.74, 6) is -1.08. The van der Waals surface area contributed by atoms with Gasteiger partial charge in [0, 0.05) is 6.54 Å². The van der Waals surface area contributed by atoms with Crippen molar-refractivity contribution in [1.82, 2.24) is 4.90 Å². The maximum atomic E-state index is 11.5. The Morgan fingerprint density at radius 3 is 2.35 bits per heavy atom. The van der Waals surface area contributed by atoms with Crippen LogP contribution >= 0.6 is 0 Å². The van der Waals surface area contributed by atoms with Crippen molar-refractivity contribution in [1.29, 1.82) is 0 Å². The third-order valence-electron chi connectivity index (χ3n) is 2.41. The summed E-state index contributed by atoms with van der Waals surface area (Å²) < 4.78 is 4.58. The van der Waals surface area contributed by atoms with E-state index >= 15 is 0 Å². The molecule has 0 bridgehead atoms. The van der Waals surface area contributed by atoms with Gasteiger partial charge >= 0.3 is 12.1 Å². The highest BCUT2D eigenvalue weighted by Gasteiger charge is 2.30. The number of amides is 1. The fourth-order valence-corrected chi connectivity index (χ4v) is 1.63. The Morgan fingerprint density at radius 2 is 1.94 bits per heavy atom. The van der Waals surface area contributed by atoms with Gasteiger partial charge < -0.3 is 9.84 Å². The van der Waals surface area contributed by atoms with E-state index in [0.717, 1.165) is 4.90 Å². The molecule has 0 radical (unpaired) electrons. The van der Waals surface area contributed by atoms with Crippen LogP contribution in [-0.4, -0.2) is 35.7 Å². The second kappa shape index (κ2) is 5.89. The van der Waals surface area contributed by atoms with E-state index in [1.54, 1.807) is 37.3 Å². The normalized spacial score (nSPS) is 11.6. The Balaban J connectivity index is 3.08. The SMILES string of the molecule is CCN(C(=O)OC)[C@@H](C(=O)O)c1ccccc1. The first kappa shape index (κ1) is 13.0. The molecule has 5 heteroatoms. The van der Waals surface area contributed by atoms with Gasteiger partial charge in [0.1, 0.15) is 0 Å². The predicted octanol–water partition coefficient (Wildman–Crippen LogP) is 1.90. The van der Waals surface area contributed by atoms with E-state index in [4.69, 9.17) is 0 Å². The first-order chi connectivity index (χ1) is 8.11. The lowest BCUT2D eigenvalue weighted by atomic mass is 10.1. The molecule has 0 saturated heterocycles. The molecule has 0 unspecified atom stereocenters. The second-order valence-corrected chi connectivity index (χ2v) is 3.41. The Hall–Kier alpha value is -2.04. The number of rotatable bonds is 4. The average molecular weight is 237 g/mol. The molecule has 0 spiro atoms. The van der Waals surface area contributed by atoms with Gasteiger partial charge in [0.05, 0.1) is 7.11 Å². The summed E-state index contributed by atoms with van der Waals surface area (Å²) in [6, 6.07) is 7.58. The van der Waals surface area contributed by atoms with Crippen molar-refractivity contribution >= 4 is 12.1 Å². The fourth-order valence-electron chi connectivity index (χ4n) is 1.63. The van der Waals surface area contributed by atoms with Crippen LogP contribution in [0.1, 0.15) is 18.5 Å². The van der Waals surface area contributed by atoms with E-state index in [1.807, 2.05) is 0 Å². The van der Waals surface area contributed by atoms with Crippen molar-refractivity contribution in [3.05, 3.63) is 35.9 Å². The van der Waals surface area contributed by atoms with Crippen molar-refractivity contribution < 1.29 is 19.4 Å². The van der Waals surface area contributed by atoms with Crippen LogP contribution < -0.4 is 0 Å². The van der Waals surface area contributed by atoms with E-state index in [9.17, 15) is 14.7 Å². The number of nitrogens with zero attached hydrogens (tertiary/aromatic N) is 1. The molecular formula is C12H15NO4. The number of ether oxygens (including phenoxy) is 1. The van der Waals surface area contributed by atoms with E-state index in [0.29, 0.717) is 5.56 Å². The summed E-state index contributed by atoms with van der Waals surface area (Å²) in [6.45, 7) is 1.97. The number of carbonyl (C=O) groups is 2. The Labute approximate surface area is 99.6 Å². The summed E-state index contributed by atoms with van der Waals surface area (Å²) >= 11 is 0. The lowest BCUT2D eigenvalue weighted by Crippen LogP contribution is -2.38. The molecule has 0 fully saturated rings. The number of carbonyl (C=O) groups excluding carboxylic acids is 1. The molecule has 1 aromatic rings. The molecular weight excluding hydrogens is 222 g/mol. The summed E-state index contributed by atoms with van der Waals surface area (Å²) in [6.07, 6.45) is -0.649. The van der Waals surface area contributed by atoms with Crippen LogP contribution in [0.2, 0.25) is 0 Å². The van der Waals surface area contributed by atoms with E-state index in [1.165, 1.54) is 7.11 Å². The van der Waals surface area contributed by atoms with Gasteiger partial charge in [0.15, 0.2) is 6.04 Å². The van der Waals surface area contributed by atoms with Crippen molar-refractivity contribution in [2.45, 2.75) is 13.0 Å². The minimum Gasteiger partial charge on any atom is -0.479 e. The summed E-state index contributed by atoms with van der Waals surface area (Å²) in [5, 5.41) is 9.22. The first-order valence-corrected chi connectivity index (χ1v) is 5.24. The molecule has 17 heavy (non-hydrogen) atoms. The van der Waals surface area contributed by atoms with Gasteiger partial charge in [-0.15, -0.1) is 0 Å². The molecule has 0 aliphatic heterocycles. The van der Waals surface area contributed by atoms with Crippen LogP contribution in [0.3, 0.4) is 0 Å². The third kappa shape index (κ3) is 2.96. The monoisotopic (exact) mass is 237 g/mol. The largest absolute Gasteiger partial charge is 0.479 e. The third-order valence-corrected chi connectivity index (χ3v) is 2.41.